The highest BCUT2D eigenvalue weighted by molar-refractivity contribution is 7.15. The Morgan fingerprint density at radius 3 is 2.16 bits per heavy atom. The van der Waals surface area contributed by atoms with Crippen molar-refractivity contribution in [2.45, 2.75) is 92.2 Å². The summed E-state index contributed by atoms with van der Waals surface area (Å²) in [4.78, 5) is 68.8. The first-order valence-corrected chi connectivity index (χ1v) is 24.4. The second-order valence-corrected chi connectivity index (χ2v) is 20.7. The number of ether oxygens (including phenoxy) is 2. The Morgan fingerprint density at radius 1 is 0.899 bits per heavy atom. The SMILES string of the molecule is COC(=O)N(C)C1N=C(c2ccc(-c3ccc(OCC(=O)N[C@H](C(=O)N4C[C@H](O)C[C@H]4C(=O)N[C@@H](C)c4ccc(-c5scnc5C)cc4)C(C)(C)C)cc3)cc2)c2c(sc(C)c2C)-n2c(C)nnc21. The van der Waals surface area contributed by atoms with Crippen LogP contribution in [0.15, 0.2) is 83.3 Å². The molecule has 0 saturated carbocycles. The van der Waals surface area contributed by atoms with Gasteiger partial charge in [0.05, 0.1) is 41.0 Å². The van der Waals surface area contributed by atoms with Gasteiger partial charge in [-0.25, -0.2) is 9.78 Å². The Balaban J connectivity index is 0.912. The van der Waals surface area contributed by atoms with Crippen molar-refractivity contribution in [1.82, 2.24) is 40.2 Å². The summed E-state index contributed by atoms with van der Waals surface area (Å²) in [6.07, 6.45) is -2.17. The van der Waals surface area contributed by atoms with Crippen LogP contribution in [0.3, 0.4) is 0 Å². The Hall–Kier alpha value is -6.76. The number of nitrogens with zero attached hydrogens (tertiary/aromatic N) is 7. The van der Waals surface area contributed by atoms with Gasteiger partial charge in [0.1, 0.15) is 28.7 Å². The molecule has 4 amide bonds. The lowest BCUT2D eigenvalue weighted by atomic mass is 9.85. The minimum Gasteiger partial charge on any atom is -0.484 e. The van der Waals surface area contributed by atoms with Gasteiger partial charge in [0, 0.05) is 36.0 Å². The summed E-state index contributed by atoms with van der Waals surface area (Å²) in [7, 11) is 2.96. The zero-order valence-electron chi connectivity index (χ0n) is 40.4. The molecular formula is C51H57N9O7S2. The smallest absolute Gasteiger partial charge is 0.411 e. The molecule has 16 nitrogen and oxygen atoms in total. The van der Waals surface area contributed by atoms with E-state index < -0.39 is 47.7 Å². The van der Waals surface area contributed by atoms with Crippen molar-refractivity contribution in [3.8, 4) is 32.3 Å². The highest BCUT2D eigenvalue weighted by Crippen LogP contribution is 2.40. The summed E-state index contributed by atoms with van der Waals surface area (Å²) >= 11 is 3.20. The van der Waals surface area contributed by atoms with Gasteiger partial charge in [-0.2, -0.15) is 0 Å². The minimum absolute atomic E-state index is 0.0364. The third-order valence-corrected chi connectivity index (χ3v) is 14.9. The van der Waals surface area contributed by atoms with Crippen LogP contribution in [0, 0.1) is 33.1 Å². The molecule has 3 N–H and O–H groups in total. The van der Waals surface area contributed by atoms with Gasteiger partial charge in [-0.1, -0.05) is 81.4 Å². The van der Waals surface area contributed by atoms with Crippen LogP contribution < -0.4 is 15.4 Å². The van der Waals surface area contributed by atoms with Gasteiger partial charge in [-0.05, 0) is 80.0 Å². The van der Waals surface area contributed by atoms with E-state index in [9.17, 15) is 24.3 Å². The molecule has 8 rings (SSSR count). The number of amides is 4. The molecule has 69 heavy (non-hydrogen) atoms. The fraction of sp³-hybridized carbons (Fsp3) is 0.373. The van der Waals surface area contributed by atoms with Gasteiger partial charge in [0.25, 0.3) is 5.91 Å². The zero-order valence-corrected chi connectivity index (χ0v) is 42.0. The predicted molar refractivity (Wildman–Crippen MR) is 266 cm³/mol. The summed E-state index contributed by atoms with van der Waals surface area (Å²) in [6, 6.07) is 21.0. The summed E-state index contributed by atoms with van der Waals surface area (Å²) in [5.74, 6) is 0.305. The predicted octanol–water partition coefficient (Wildman–Crippen LogP) is 7.65. The van der Waals surface area contributed by atoms with Crippen LogP contribution in [0.5, 0.6) is 5.75 Å². The quantitative estimate of drug-likeness (QED) is 0.110. The fourth-order valence-corrected chi connectivity index (χ4v) is 10.8. The van der Waals surface area contributed by atoms with Gasteiger partial charge in [-0.3, -0.25) is 28.8 Å². The number of methoxy groups -OCH3 is 1. The average Bonchev–Trinajstić information content (AvgIpc) is 4.10. The number of benzene rings is 3. The maximum atomic E-state index is 14.2. The van der Waals surface area contributed by atoms with Crippen LogP contribution in [-0.4, -0.2) is 110 Å². The highest BCUT2D eigenvalue weighted by atomic mass is 32.1. The lowest BCUT2D eigenvalue weighted by molar-refractivity contribution is -0.144. The standard InChI is InChI=1S/C51H57N9O7S2/c1-27-30(4)69-49-41(27)42(55-45(58(9)50(65)66-10)46-57-56-31(5)60(46)49)35-15-13-33(14-16-35)34-19-21-38(22-20-34)67-25-40(62)54-44(51(6,7)8)48(64)59-24-37(61)23-39(59)47(63)53-28(2)32-11-17-36(18-12-32)43-29(3)52-26-68-43/h11-22,26,28,37,39,44-45,61H,23-25H2,1-10H3,(H,53,63)(H,54,62)/t28-,37+,39-,44+,45?/m0/s1. The molecule has 1 unspecified atom stereocenters. The van der Waals surface area contributed by atoms with Gasteiger partial charge in [0.2, 0.25) is 11.8 Å². The average molecular weight is 972 g/mol. The Kier molecular flexibility index (Phi) is 13.9. The summed E-state index contributed by atoms with van der Waals surface area (Å²) < 4.78 is 12.9. The van der Waals surface area contributed by atoms with E-state index in [2.05, 4.69) is 39.7 Å². The van der Waals surface area contributed by atoms with E-state index in [-0.39, 0.29) is 31.5 Å². The molecule has 3 aromatic carbocycles. The van der Waals surface area contributed by atoms with Crippen molar-refractivity contribution in [1.29, 1.82) is 0 Å². The second-order valence-electron chi connectivity index (χ2n) is 18.6. The Labute approximate surface area is 409 Å². The number of likely N-dealkylation sites (tertiary alicyclic amines) is 1. The number of hydrogen-bond donors (Lipinski definition) is 3. The topological polar surface area (TPSA) is 193 Å². The third-order valence-electron chi connectivity index (χ3n) is 12.7. The first-order valence-electron chi connectivity index (χ1n) is 22.7. The third kappa shape index (κ3) is 9.91. The number of nitrogens with one attached hydrogen (secondary N) is 2. The van der Waals surface area contributed by atoms with E-state index in [1.807, 2.05) is 112 Å². The van der Waals surface area contributed by atoms with Crippen molar-refractivity contribution in [3.05, 3.63) is 123 Å². The fourth-order valence-electron chi connectivity index (χ4n) is 8.74. The largest absolute Gasteiger partial charge is 0.484 e. The molecule has 1 fully saturated rings. The Morgan fingerprint density at radius 2 is 1.54 bits per heavy atom. The molecule has 3 aromatic heterocycles. The van der Waals surface area contributed by atoms with E-state index in [1.54, 1.807) is 41.9 Å². The molecule has 6 aromatic rings. The number of aliphatic hydroxyl groups excluding tert-OH is 1. The van der Waals surface area contributed by atoms with E-state index >= 15 is 0 Å². The molecular weight excluding hydrogens is 915 g/mol. The maximum absolute atomic E-state index is 14.2. The number of thiophene rings is 1. The molecule has 1 saturated heterocycles. The number of aromatic nitrogens is 4. The van der Waals surface area contributed by atoms with Crippen LogP contribution in [0.25, 0.3) is 26.6 Å². The number of aliphatic hydroxyl groups is 1. The molecule has 2 aliphatic rings. The molecule has 5 atom stereocenters. The maximum Gasteiger partial charge on any atom is 0.411 e. The first kappa shape index (κ1) is 48.7. The zero-order chi connectivity index (χ0) is 49.5. The van der Waals surface area contributed by atoms with E-state index in [1.165, 1.54) is 16.9 Å². The van der Waals surface area contributed by atoms with Crippen LogP contribution in [-0.2, 0) is 19.1 Å². The molecule has 2 aliphatic heterocycles. The molecule has 0 spiro atoms. The van der Waals surface area contributed by atoms with E-state index in [0.29, 0.717) is 17.4 Å². The molecule has 0 radical (unpaired) electrons. The number of β-amino-alcohol motifs (C(OH)–C–C–N with tert-alkyl or cyclic N) is 1. The number of aliphatic imine (C=N–C) groups is 1. The van der Waals surface area contributed by atoms with E-state index in [4.69, 9.17) is 14.5 Å². The van der Waals surface area contributed by atoms with Crippen molar-refractivity contribution >= 4 is 52.2 Å². The second kappa shape index (κ2) is 19.7. The van der Waals surface area contributed by atoms with Crippen LogP contribution in [0.2, 0.25) is 0 Å². The number of carbonyl (C=O) groups is 4. The number of carbonyl (C=O) groups excluding carboxylic acids is 4. The molecule has 18 heteroatoms. The van der Waals surface area contributed by atoms with Crippen molar-refractivity contribution in [2.24, 2.45) is 10.4 Å². The van der Waals surface area contributed by atoms with Crippen LogP contribution in [0.4, 0.5) is 4.79 Å². The highest BCUT2D eigenvalue weighted by Gasteiger charge is 2.45. The molecule has 360 valence electrons. The van der Waals surface area contributed by atoms with Gasteiger partial charge in [-0.15, -0.1) is 32.9 Å². The van der Waals surface area contributed by atoms with E-state index in [0.717, 1.165) is 65.1 Å². The summed E-state index contributed by atoms with van der Waals surface area (Å²) in [5, 5.41) is 26.3. The lowest BCUT2D eigenvalue weighted by Crippen LogP contribution is -2.58. The first-order chi connectivity index (χ1) is 32.8. The monoisotopic (exact) mass is 971 g/mol. The van der Waals surface area contributed by atoms with Gasteiger partial charge >= 0.3 is 6.09 Å². The molecule has 5 heterocycles. The number of aryl methyl sites for hydroxylation is 3. The molecule has 0 aliphatic carbocycles. The van der Waals surface area contributed by atoms with Gasteiger partial charge < -0.3 is 30.1 Å². The summed E-state index contributed by atoms with van der Waals surface area (Å²) in [6.45, 7) is 15.0. The van der Waals surface area contributed by atoms with Gasteiger partial charge in [0.15, 0.2) is 18.6 Å². The number of hydrogen-bond acceptors (Lipinski definition) is 13. The summed E-state index contributed by atoms with van der Waals surface area (Å²) in [5.41, 5.74) is 9.42. The number of rotatable bonds is 12. The van der Waals surface area contributed by atoms with Crippen molar-refractivity contribution in [3.63, 3.8) is 0 Å². The lowest BCUT2D eigenvalue weighted by Gasteiger charge is -2.35. The number of thiazole rings is 1. The van der Waals surface area contributed by atoms with Crippen LogP contribution >= 0.6 is 22.7 Å². The van der Waals surface area contributed by atoms with Crippen molar-refractivity contribution in [2.75, 3.05) is 27.3 Å². The Bertz CT molecular complexity index is 2920. The minimum atomic E-state index is -1.01. The number of fused-ring (bicyclic) bond motifs is 3. The van der Waals surface area contributed by atoms with Crippen LogP contribution in [0.1, 0.15) is 90.8 Å². The van der Waals surface area contributed by atoms with Crippen molar-refractivity contribution < 1.29 is 33.8 Å². The normalized spacial score (nSPS) is 17.5. The molecule has 0 bridgehead atoms.